The fourth-order valence-corrected chi connectivity index (χ4v) is 2.44. The van der Waals surface area contributed by atoms with Crippen LogP contribution in [0.15, 0.2) is 23.8 Å². The summed E-state index contributed by atoms with van der Waals surface area (Å²) in [5.41, 5.74) is 0.847. The van der Waals surface area contributed by atoms with Gasteiger partial charge in [-0.25, -0.2) is 4.39 Å². The summed E-state index contributed by atoms with van der Waals surface area (Å²) < 4.78 is 51.5. The van der Waals surface area contributed by atoms with Crippen molar-refractivity contribution in [3.8, 4) is 0 Å². The molecule has 0 amide bonds. The van der Waals surface area contributed by atoms with E-state index in [0.29, 0.717) is 16.8 Å². The van der Waals surface area contributed by atoms with Gasteiger partial charge in [0, 0.05) is 29.9 Å². The van der Waals surface area contributed by atoms with E-state index in [9.17, 15) is 22.7 Å². The predicted octanol–water partition coefficient (Wildman–Crippen LogP) is 3.89. The highest BCUT2D eigenvalue weighted by Crippen LogP contribution is 2.34. The van der Waals surface area contributed by atoms with Crippen molar-refractivity contribution < 1.29 is 22.7 Å². The molecule has 6 heteroatoms. The second-order valence-corrected chi connectivity index (χ2v) is 5.26. The standard InChI is InChI=1S/C15H17F4NO/c1-9-7-14(12(10(2)21)8-13(9)16)20-5-3-11(4-6-20)15(17,18)19/h3,7-8,10,21H,4-6H2,1-2H3/t10-/m1/s1. The highest BCUT2D eigenvalue weighted by molar-refractivity contribution is 5.58. The lowest BCUT2D eigenvalue weighted by atomic mass is 10.0. The summed E-state index contributed by atoms with van der Waals surface area (Å²) in [4.78, 5) is 1.73. The van der Waals surface area contributed by atoms with E-state index in [1.807, 2.05) is 0 Å². The molecule has 0 saturated heterocycles. The van der Waals surface area contributed by atoms with E-state index in [1.165, 1.54) is 13.0 Å². The predicted molar refractivity (Wildman–Crippen MR) is 72.7 cm³/mol. The topological polar surface area (TPSA) is 23.5 Å². The molecular formula is C15H17F4NO. The first-order valence-electron chi connectivity index (χ1n) is 6.69. The van der Waals surface area contributed by atoms with Gasteiger partial charge in [-0.05, 0) is 38.0 Å². The van der Waals surface area contributed by atoms with Crippen molar-refractivity contribution in [3.63, 3.8) is 0 Å². The average Bonchev–Trinajstić information content (AvgIpc) is 2.40. The summed E-state index contributed by atoms with van der Waals surface area (Å²) in [7, 11) is 0. The third-order valence-electron chi connectivity index (χ3n) is 3.67. The van der Waals surface area contributed by atoms with Crippen molar-refractivity contribution >= 4 is 5.69 Å². The van der Waals surface area contributed by atoms with Crippen molar-refractivity contribution in [2.24, 2.45) is 0 Å². The Balaban J connectivity index is 2.32. The smallest absolute Gasteiger partial charge is 0.389 e. The number of aliphatic hydroxyl groups is 1. The van der Waals surface area contributed by atoms with Crippen molar-refractivity contribution in [3.05, 3.63) is 40.7 Å². The largest absolute Gasteiger partial charge is 0.412 e. The van der Waals surface area contributed by atoms with Gasteiger partial charge in [0.05, 0.1) is 6.10 Å². The van der Waals surface area contributed by atoms with Crippen LogP contribution in [0.5, 0.6) is 0 Å². The Morgan fingerprint density at radius 3 is 2.43 bits per heavy atom. The maximum atomic E-state index is 13.6. The summed E-state index contributed by atoms with van der Waals surface area (Å²) >= 11 is 0. The van der Waals surface area contributed by atoms with Gasteiger partial charge >= 0.3 is 6.18 Å². The molecule has 1 heterocycles. The molecule has 0 spiro atoms. The van der Waals surface area contributed by atoms with Crippen LogP contribution in [0.2, 0.25) is 0 Å². The highest BCUT2D eigenvalue weighted by Gasteiger charge is 2.35. The quantitative estimate of drug-likeness (QED) is 0.662. The molecular weight excluding hydrogens is 286 g/mol. The van der Waals surface area contributed by atoms with Crippen molar-refractivity contribution in [1.82, 2.24) is 0 Å². The SMILES string of the molecule is Cc1cc(N2CC=C(C(F)(F)F)CC2)c([C@@H](C)O)cc1F. The molecule has 1 aliphatic rings. The van der Waals surface area contributed by atoms with Crippen LogP contribution in [-0.2, 0) is 0 Å². The molecule has 1 aromatic rings. The monoisotopic (exact) mass is 303 g/mol. The zero-order valence-electron chi connectivity index (χ0n) is 11.8. The van der Waals surface area contributed by atoms with Gasteiger partial charge in [-0.3, -0.25) is 0 Å². The summed E-state index contributed by atoms with van der Waals surface area (Å²) in [5.74, 6) is -0.432. The van der Waals surface area contributed by atoms with Gasteiger partial charge in [0.25, 0.3) is 0 Å². The van der Waals surface area contributed by atoms with Crippen molar-refractivity contribution in [2.45, 2.75) is 32.5 Å². The molecule has 0 aromatic heterocycles. The molecule has 2 rings (SSSR count). The Kier molecular flexibility index (Phi) is 4.27. The average molecular weight is 303 g/mol. The van der Waals surface area contributed by atoms with Gasteiger partial charge in [0.15, 0.2) is 0 Å². The number of benzene rings is 1. The summed E-state index contributed by atoms with van der Waals surface area (Å²) in [6, 6.07) is 2.82. The van der Waals surface area contributed by atoms with Gasteiger partial charge in [-0.2, -0.15) is 13.2 Å². The molecule has 0 radical (unpaired) electrons. The molecule has 21 heavy (non-hydrogen) atoms. The third-order valence-corrected chi connectivity index (χ3v) is 3.67. The lowest BCUT2D eigenvalue weighted by molar-refractivity contribution is -0.0944. The fraction of sp³-hybridized carbons (Fsp3) is 0.467. The first kappa shape index (κ1) is 15.8. The molecule has 1 aliphatic heterocycles. The van der Waals surface area contributed by atoms with Crippen LogP contribution in [0, 0.1) is 12.7 Å². The molecule has 0 bridgehead atoms. The number of alkyl halides is 3. The molecule has 0 fully saturated rings. The fourth-order valence-electron chi connectivity index (χ4n) is 2.44. The molecule has 0 unspecified atom stereocenters. The van der Waals surface area contributed by atoms with Crippen LogP contribution >= 0.6 is 0 Å². The van der Waals surface area contributed by atoms with Crippen LogP contribution in [-0.4, -0.2) is 24.4 Å². The second-order valence-electron chi connectivity index (χ2n) is 5.26. The lowest BCUT2D eigenvalue weighted by Crippen LogP contribution is -2.32. The zero-order chi connectivity index (χ0) is 15.8. The maximum Gasteiger partial charge on any atom is 0.412 e. The van der Waals surface area contributed by atoms with E-state index in [-0.39, 0.29) is 19.5 Å². The summed E-state index contributed by atoms with van der Waals surface area (Å²) in [5, 5.41) is 9.74. The minimum atomic E-state index is -4.29. The van der Waals surface area contributed by atoms with Crippen LogP contribution < -0.4 is 4.90 Å². The maximum absolute atomic E-state index is 13.6. The summed E-state index contributed by atoms with van der Waals surface area (Å²) in [6.07, 6.45) is -4.14. The Morgan fingerprint density at radius 1 is 1.29 bits per heavy atom. The third kappa shape index (κ3) is 3.37. The van der Waals surface area contributed by atoms with E-state index in [0.717, 1.165) is 6.08 Å². The normalized spacial score (nSPS) is 17.7. The van der Waals surface area contributed by atoms with Crippen LogP contribution in [0.25, 0.3) is 0 Å². The van der Waals surface area contributed by atoms with E-state index >= 15 is 0 Å². The Morgan fingerprint density at radius 2 is 1.95 bits per heavy atom. The minimum Gasteiger partial charge on any atom is -0.389 e. The number of aliphatic hydroxyl groups excluding tert-OH is 1. The van der Waals surface area contributed by atoms with Crippen LogP contribution in [0.3, 0.4) is 0 Å². The van der Waals surface area contributed by atoms with E-state index in [1.54, 1.807) is 17.9 Å². The lowest BCUT2D eigenvalue weighted by Gasteiger charge is -2.31. The van der Waals surface area contributed by atoms with Crippen LogP contribution in [0.4, 0.5) is 23.2 Å². The number of nitrogens with zero attached hydrogens (tertiary/aromatic N) is 1. The van der Waals surface area contributed by atoms with E-state index < -0.39 is 23.7 Å². The molecule has 1 aromatic carbocycles. The number of hydrogen-bond donors (Lipinski definition) is 1. The van der Waals surface area contributed by atoms with Gasteiger partial charge in [-0.15, -0.1) is 0 Å². The Bertz CT molecular complexity index is 564. The highest BCUT2D eigenvalue weighted by atomic mass is 19.4. The number of aryl methyl sites for hydroxylation is 1. The van der Waals surface area contributed by atoms with Gasteiger partial charge in [0.1, 0.15) is 5.82 Å². The van der Waals surface area contributed by atoms with Crippen LogP contribution in [0.1, 0.15) is 30.6 Å². The van der Waals surface area contributed by atoms with Gasteiger partial charge in [0.2, 0.25) is 0 Å². The van der Waals surface area contributed by atoms with Crippen molar-refractivity contribution in [2.75, 3.05) is 18.0 Å². The number of rotatable bonds is 2. The first-order valence-corrected chi connectivity index (χ1v) is 6.69. The van der Waals surface area contributed by atoms with Gasteiger partial charge in [-0.1, -0.05) is 6.08 Å². The number of hydrogen-bond acceptors (Lipinski definition) is 2. The van der Waals surface area contributed by atoms with Crippen molar-refractivity contribution in [1.29, 1.82) is 0 Å². The molecule has 1 N–H and O–H groups in total. The molecule has 2 nitrogen and oxygen atoms in total. The molecule has 1 atom stereocenters. The van der Waals surface area contributed by atoms with E-state index in [4.69, 9.17) is 0 Å². The molecule has 0 saturated carbocycles. The number of anilines is 1. The summed E-state index contributed by atoms with van der Waals surface area (Å²) in [6.45, 7) is 3.38. The Labute approximate surface area is 120 Å². The minimum absolute atomic E-state index is 0.0969. The molecule has 116 valence electrons. The van der Waals surface area contributed by atoms with Gasteiger partial charge < -0.3 is 10.0 Å². The second kappa shape index (κ2) is 5.67. The zero-order valence-corrected chi connectivity index (χ0v) is 11.8. The first-order chi connectivity index (χ1) is 9.70. The molecule has 0 aliphatic carbocycles. The Hall–Kier alpha value is -1.56. The number of halogens is 4. The van der Waals surface area contributed by atoms with E-state index in [2.05, 4.69) is 0 Å².